The van der Waals surface area contributed by atoms with Gasteiger partial charge >= 0.3 is 0 Å². The Morgan fingerprint density at radius 2 is 2.33 bits per heavy atom. The summed E-state index contributed by atoms with van der Waals surface area (Å²) in [5, 5.41) is 2.82. The van der Waals surface area contributed by atoms with Gasteiger partial charge in [0.15, 0.2) is 0 Å². The number of carbonyl (C=O) groups is 1. The lowest BCUT2D eigenvalue weighted by molar-refractivity contribution is -0.117. The van der Waals surface area contributed by atoms with Crippen LogP contribution >= 0.6 is 0 Å². The fraction of sp³-hybridized carbons (Fsp3) is 0.625. The second kappa shape index (κ2) is 5.96. The average molecular weight is 185 g/mol. The van der Waals surface area contributed by atoms with Crippen molar-refractivity contribution in [3.8, 4) is 0 Å². The highest BCUT2D eigenvalue weighted by Gasteiger charge is 2.11. The number of carbonyl (C=O) groups excluding carboxylic acids is 1. The van der Waals surface area contributed by atoms with E-state index in [9.17, 15) is 4.79 Å². The zero-order chi connectivity index (χ0) is 9.56. The van der Waals surface area contributed by atoms with Crippen LogP contribution in [0.25, 0.3) is 0 Å². The molecule has 0 aromatic rings. The van der Waals surface area contributed by atoms with E-state index in [0.717, 1.165) is 6.42 Å². The third-order valence-electron chi connectivity index (χ3n) is 1.36. The second-order valence-electron chi connectivity index (χ2n) is 2.54. The highest BCUT2D eigenvalue weighted by molar-refractivity contribution is 6.30. The van der Waals surface area contributed by atoms with Crippen LogP contribution in [0.15, 0.2) is 12.2 Å². The van der Waals surface area contributed by atoms with E-state index in [2.05, 4.69) is 11.9 Å². The predicted molar refractivity (Wildman–Crippen MR) is 49.8 cm³/mol. The predicted octanol–water partition coefficient (Wildman–Crippen LogP) is 0.680. The number of nitrogens with one attached hydrogen (secondary N) is 1. The van der Waals surface area contributed by atoms with Crippen LogP contribution in [0, 0.1) is 0 Å². The van der Waals surface area contributed by atoms with Crippen LogP contribution in [0.1, 0.15) is 20.3 Å². The third-order valence-corrected chi connectivity index (χ3v) is 2.43. The van der Waals surface area contributed by atoms with Crippen LogP contribution in [0.5, 0.6) is 0 Å². The molecule has 0 aromatic carbocycles. The van der Waals surface area contributed by atoms with Crippen molar-refractivity contribution in [3.05, 3.63) is 12.2 Å². The molecule has 1 N–H and O–H groups in total. The lowest BCUT2D eigenvalue weighted by Crippen LogP contribution is -2.39. The maximum absolute atomic E-state index is 11.1. The highest BCUT2D eigenvalue weighted by Crippen LogP contribution is 1.92. The summed E-state index contributed by atoms with van der Waals surface area (Å²) < 4.78 is 4.96. The molecule has 0 heterocycles. The minimum absolute atomic E-state index is 0.0913. The van der Waals surface area contributed by atoms with E-state index in [4.69, 9.17) is 4.43 Å². The van der Waals surface area contributed by atoms with Crippen molar-refractivity contribution in [3.63, 3.8) is 0 Å². The van der Waals surface area contributed by atoms with Gasteiger partial charge in [0, 0.05) is 18.3 Å². The molecule has 1 unspecified atom stereocenters. The highest BCUT2D eigenvalue weighted by atomic mass is 28.2. The van der Waals surface area contributed by atoms with Gasteiger partial charge in [-0.3, -0.25) is 4.79 Å². The SMILES string of the molecule is C=C(C)C(=O)NC(CC)[Si]OC. The molecule has 0 aromatic heterocycles. The van der Waals surface area contributed by atoms with Crippen LogP contribution in [0.2, 0.25) is 0 Å². The zero-order valence-electron chi connectivity index (χ0n) is 7.81. The van der Waals surface area contributed by atoms with Gasteiger partial charge < -0.3 is 9.74 Å². The van der Waals surface area contributed by atoms with Gasteiger partial charge in [0.05, 0.1) is 0 Å². The van der Waals surface area contributed by atoms with Crippen LogP contribution in [-0.4, -0.2) is 28.4 Å². The molecule has 0 rings (SSSR count). The molecule has 0 fully saturated rings. The average Bonchev–Trinajstić information content (AvgIpc) is 2.03. The lowest BCUT2D eigenvalue weighted by Gasteiger charge is -2.13. The second-order valence-corrected chi connectivity index (χ2v) is 3.88. The van der Waals surface area contributed by atoms with Crippen molar-refractivity contribution in [2.75, 3.05) is 7.11 Å². The monoisotopic (exact) mass is 185 g/mol. The molecule has 0 bridgehead atoms. The van der Waals surface area contributed by atoms with Gasteiger partial charge in [0.2, 0.25) is 5.91 Å². The van der Waals surface area contributed by atoms with Crippen LogP contribution in [0.3, 0.4) is 0 Å². The molecular formula is C8H15NO2Si. The zero-order valence-corrected chi connectivity index (χ0v) is 8.81. The van der Waals surface area contributed by atoms with E-state index in [1.165, 1.54) is 0 Å². The standard InChI is InChI=1S/C8H15NO2Si/c1-5-7(12-11-4)9-8(10)6(2)3/h7H,2,5H2,1,3-4H3,(H,9,10). The van der Waals surface area contributed by atoms with E-state index in [1.807, 2.05) is 6.92 Å². The summed E-state index contributed by atoms with van der Waals surface area (Å²) in [5.41, 5.74) is 0.661. The van der Waals surface area contributed by atoms with E-state index in [0.29, 0.717) is 15.3 Å². The van der Waals surface area contributed by atoms with Crippen molar-refractivity contribution < 1.29 is 9.22 Å². The maximum Gasteiger partial charge on any atom is 0.253 e. The van der Waals surface area contributed by atoms with Gasteiger partial charge in [0.25, 0.3) is 9.76 Å². The Hall–Kier alpha value is -0.613. The molecule has 0 saturated heterocycles. The Morgan fingerprint density at radius 3 is 2.67 bits per heavy atom. The molecule has 3 nitrogen and oxygen atoms in total. The van der Waals surface area contributed by atoms with Crippen molar-refractivity contribution in [1.82, 2.24) is 5.32 Å². The smallest absolute Gasteiger partial charge is 0.253 e. The normalized spacial score (nSPS) is 12.2. The van der Waals surface area contributed by atoms with E-state index in [1.54, 1.807) is 14.0 Å². The summed E-state index contributed by atoms with van der Waals surface area (Å²) in [4.78, 5) is 11.1. The first kappa shape index (κ1) is 11.4. The molecule has 0 aliphatic carbocycles. The summed E-state index contributed by atoms with van der Waals surface area (Å²) >= 11 is 0. The summed E-state index contributed by atoms with van der Waals surface area (Å²) in [7, 11) is 1.95. The minimum Gasteiger partial charge on any atom is -0.418 e. The third kappa shape index (κ3) is 4.30. The first-order valence-corrected chi connectivity index (χ1v) is 4.85. The minimum atomic E-state index is -0.0913. The number of hydrogen-bond acceptors (Lipinski definition) is 2. The van der Waals surface area contributed by atoms with E-state index >= 15 is 0 Å². The summed E-state index contributed by atoms with van der Waals surface area (Å²) in [6.07, 6.45) is 0.880. The van der Waals surface area contributed by atoms with Crippen LogP contribution < -0.4 is 5.32 Å². The molecule has 0 saturated carbocycles. The summed E-state index contributed by atoms with van der Waals surface area (Å²) in [6, 6.07) is 0. The molecule has 12 heavy (non-hydrogen) atoms. The molecule has 1 atom stereocenters. The van der Waals surface area contributed by atoms with Gasteiger partial charge in [-0.25, -0.2) is 0 Å². The van der Waals surface area contributed by atoms with E-state index < -0.39 is 0 Å². The molecule has 1 amide bonds. The Morgan fingerprint density at radius 1 is 1.75 bits per heavy atom. The lowest BCUT2D eigenvalue weighted by atomic mass is 10.3. The van der Waals surface area contributed by atoms with Crippen molar-refractivity contribution in [1.29, 1.82) is 0 Å². The largest absolute Gasteiger partial charge is 0.418 e. The maximum atomic E-state index is 11.1. The van der Waals surface area contributed by atoms with Crippen molar-refractivity contribution in [2.24, 2.45) is 0 Å². The summed E-state index contributed by atoms with van der Waals surface area (Å²) in [5.74, 6) is -0.0913. The molecule has 4 heteroatoms. The first-order chi connectivity index (χ1) is 5.61. The van der Waals surface area contributed by atoms with Crippen molar-refractivity contribution in [2.45, 2.75) is 25.9 Å². The molecule has 68 valence electrons. The quantitative estimate of drug-likeness (QED) is 0.505. The molecule has 0 aliphatic heterocycles. The fourth-order valence-corrected chi connectivity index (χ4v) is 1.28. The Labute approximate surface area is 76.1 Å². The Bertz CT molecular complexity index is 170. The van der Waals surface area contributed by atoms with Crippen molar-refractivity contribution >= 4 is 15.7 Å². The summed E-state index contributed by atoms with van der Waals surface area (Å²) in [6.45, 7) is 7.25. The van der Waals surface area contributed by atoms with Gasteiger partial charge in [-0.05, 0) is 13.3 Å². The Kier molecular flexibility index (Phi) is 5.66. The number of amides is 1. The number of hydrogen-bond donors (Lipinski definition) is 1. The Balaban J connectivity index is 3.85. The first-order valence-electron chi connectivity index (χ1n) is 3.86. The van der Waals surface area contributed by atoms with Gasteiger partial charge in [-0.1, -0.05) is 13.5 Å². The topological polar surface area (TPSA) is 38.3 Å². The molecule has 2 radical (unpaired) electrons. The van der Waals surface area contributed by atoms with Crippen LogP contribution in [0.4, 0.5) is 0 Å². The van der Waals surface area contributed by atoms with Crippen LogP contribution in [-0.2, 0) is 9.22 Å². The van der Waals surface area contributed by atoms with E-state index in [-0.39, 0.29) is 11.6 Å². The van der Waals surface area contributed by atoms with Gasteiger partial charge in [0.1, 0.15) is 0 Å². The molecule has 0 aliphatic rings. The molecule has 0 spiro atoms. The fourth-order valence-electron chi connectivity index (χ4n) is 0.639. The molecular weight excluding hydrogens is 170 g/mol. The van der Waals surface area contributed by atoms with Gasteiger partial charge in [-0.15, -0.1) is 0 Å². The number of rotatable bonds is 5. The van der Waals surface area contributed by atoms with Gasteiger partial charge in [-0.2, -0.15) is 0 Å².